The number of hydrogen-bond donors (Lipinski definition) is 1. The number of aliphatic hydroxyl groups excluding tert-OH is 1. The van der Waals surface area contributed by atoms with Crippen molar-refractivity contribution in [3.8, 4) is 0 Å². The van der Waals surface area contributed by atoms with Gasteiger partial charge in [-0.2, -0.15) is 5.10 Å². The highest BCUT2D eigenvalue weighted by Gasteiger charge is 2.35. The van der Waals surface area contributed by atoms with E-state index in [1.54, 1.807) is 6.20 Å². The normalized spacial score (nSPS) is 21.1. The molecule has 3 rings (SSSR count). The van der Waals surface area contributed by atoms with E-state index in [4.69, 9.17) is 0 Å². The fraction of sp³-hybridized carbons (Fsp3) is 0.765. The van der Waals surface area contributed by atoms with E-state index >= 15 is 0 Å². The van der Waals surface area contributed by atoms with Crippen LogP contribution in [-0.2, 0) is 0 Å². The summed E-state index contributed by atoms with van der Waals surface area (Å²) in [6, 6.07) is 0.345. The quantitative estimate of drug-likeness (QED) is 0.909. The van der Waals surface area contributed by atoms with E-state index in [1.165, 1.54) is 12.8 Å². The highest BCUT2D eigenvalue weighted by Crippen LogP contribution is 2.43. The monoisotopic (exact) mass is 305 g/mol. The predicted octanol–water partition coefficient (Wildman–Crippen LogP) is 2.58. The van der Waals surface area contributed by atoms with Gasteiger partial charge in [0, 0.05) is 31.7 Å². The van der Waals surface area contributed by atoms with Gasteiger partial charge in [-0.3, -0.25) is 9.48 Å². The lowest BCUT2D eigenvalue weighted by atomic mass is 9.97. The molecule has 122 valence electrons. The highest BCUT2D eigenvalue weighted by atomic mass is 16.3. The average molecular weight is 305 g/mol. The number of aliphatic hydroxyl groups is 1. The van der Waals surface area contributed by atoms with Crippen LogP contribution in [0.2, 0.25) is 0 Å². The van der Waals surface area contributed by atoms with Gasteiger partial charge in [-0.1, -0.05) is 6.92 Å². The Kier molecular flexibility index (Phi) is 4.52. The maximum absolute atomic E-state index is 12.9. The summed E-state index contributed by atoms with van der Waals surface area (Å²) in [4.78, 5) is 14.8. The van der Waals surface area contributed by atoms with Gasteiger partial charge in [-0.25, -0.2) is 0 Å². The van der Waals surface area contributed by atoms with E-state index in [-0.39, 0.29) is 12.5 Å². The Morgan fingerprint density at radius 1 is 1.36 bits per heavy atom. The Labute approximate surface area is 132 Å². The number of amides is 1. The van der Waals surface area contributed by atoms with Crippen molar-refractivity contribution in [1.29, 1.82) is 0 Å². The molecule has 5 nitrogen and oxygen atoms in total. The van der Waals surface area contributed by atoms with Crippen molar-refractivity contribution in [2.24, 2.45) is 5.92 Å². The summed E-state index contributed by atoms with van der Waals surface area (Å²) in [6.45, 7) is 6.07. The molecule has 2 heterocycles. The molecular weight excluding hydrogens is 278 g/mol. The average Bonchev–Trinajstić information content (AvgIpc) is 3.31. The minimum absolute atomic E-state index is 0.132. The lowest BCUT2D eigenvalue weighted by molar-refractivity contribution is 0.0649. The standard InChI is InChI=1S/C17H27N3O2/c1-3-12(2)20-16(14-4-5-14)15(10-18-20)17(22)19-8-6-13(11-21)7-9-19/h10,12-14,21H,3-9,11H2,1-2H3. The predicted molar refractivity (Wildman–Crippen MR) is 84.9 cm³/mol. The minimum atomic E-state index is 0.132. The first-order valence-electron chi connectivity index (χ1n) is 8.63. The molecule has 5 heteroatoms. The van der Waals surface area contributed by atoms with Crippen molar-refractivity contribution in [2.75, 3.05) is 19.7 Å². The second kappa shape index (κ2) is 6.41. The highest BCUT2D eigenvalue weighted by molar-refractivity contribution is 5.95. The van der Waals surface area contributed by atoms with Crippen LogP contribution in [0, 0.1) is 5.92 Å². The van der Waals surface area contributed by atoms with E-state index in [2.05, 4.69) is 23.6 Å². The third-order valence-electron chi connectivity index (χ3n) is 5.20. The molecule has 1 aromatic rings. The molecule has 1 aliphatic carbocycles. The van der Waals surface area contributed by atoms with Crippen LogP contribution in [0.5, 0.6) is 0 Å². The van der Waals surface area contributed by atoms with E-state index < -0.39 is 0 Å². The number of carbonyl (C=O) groups is 1. The van der Waals surface area contributed by atoms with Gasteiger partial charge >= 0.3 is 0 Å². The molecule has 1 amide bonds. The maximum Gasteiger partial charge on any atom is 0.257 e. The largest absolute Gasteiger partial charge is 0.396 e. The molecule has 0 radical (unpaired) electrons. The van der Waals surface area contributed by atoms with E-state index in [9.17, 15) is 9.90 Å². The Morgan fingerprint density at radius 3 is 2.59 bits per heavy atom. The summed E-state index contributed by atoms with van der Waals surface area (Å²) >= 11 is 0. The van der Waals surface area contributed by atoms with Crippen molar-refractivity contribution in [1.82, 2.24) is 14.7 Å². The molecule has 0 spiro atoms. The van der Waals surface area contributed by atoms with Crippen LogP contribution in [0.1, 0.15) is 74.0 Å². The number of aromatic nitrogens is 2. The summed E-state index contributed by atoms with van der Waals surface area (Å²) in [7, 11) is 0. The van der Waals surface area contributed by atoms with Crippen molar-refractivity contribution < 1.29 is 9.90 Å². The van der Waals surface area contributed by atoms with E-state index in [1.807, 2.05) is 4.90 Å². The molecule has 1 saturated heterocycles. The van der Waals surface area contributed by atoms with Crippen molar-refractivity contribution >= 4 is 5.91 Å². The number of carbonyl (C=O) groups excluding carboxylic acids is 1. The number of nitrogens with zero attached hydrogens (tertiary/aromatic N) is 3. The minimum Gasteiger partial charge on any atom is -0.396 e. The topological polar surface area (TPSA) is 58.4 Å². The maximum atomic E-state index is 12.9. The first kappa shape index (κ1) is 15.5. The van der Waals surface area contributed by atoms with Crippen molar-refractivity contribution in [3.63, 3.8) is 0 Å². The van der Waals surface area contributed by atoms with Crippen LogP contribution in [0.15, 0.2) is 6.20 Å². The Balaban J connectivity index is 1.79. The van der Waals surface area contributed by atoms with Crippen LogP contribution in [-0.4, -0.2) is 45.4 Å². The summed E-state index contributed by atoms with van der Waals surface area (Å²) < 4.78 is 2.07. The molecule has 1 aromatic heterocycles. The fourth-order valence-electron chi connectivity index (χ4n) is 3.31. The first-order valence-corrected chi connectivity index (χ1v) is 8.63. The second-order valence-corrected chi connectivity index (χ2v) is 6.84. The van der Waals surface area contributed by atoms with Gasteiger partial charge in [0.1, 0.15) is 0 Å². The van der Waals surface area contributed by atoms with Gasteiger partial charge in [0.2, 0.25) is 0 Å². The van der Waals surface area contributed by atoms with Gasteiger partial charge in [0.15, 0.2) is 0 Å². The van der Waals surface area contributed by atoms with Gasteiger partial charge in [0.25, 0.3) is 5.91 Å². The van der Waals surface area contributed by atoms with E-state index in [0.717, 1.165) is 43.6 Å². The molecule has 1 N–H and O–H groups in total. The third-order valence-corrected chi connectivity index (χ3v) is 5.20. The van der Waals surface area contributed by atoms with Gasteiger partial charge < -0.3 is 10.0 Å². The van der Waals surface area contributed by atoms with Gasteiger partial charge in [0.05, 0.1) is 17.5 Å². The summed E-state index contributed by atoms with van der Waals surface area (Å²) in [5.74, 6) is 1.01. The summed E-state index contributed by atoms with van der Waals surface area (Å²) in [5.41, 5.74) is 1.97. The Bertz CT molecular complexity index is 528. The molecule has 1 atom stereocenters. The van der Waals surface area contributed by atoms with Crippen molar-refractivity contribution in [3.05, 3.63) is 17.5 Å². The summed E-state index contributed by atoms with van der Waals surface area (Å²) in [5, 5.41) is 13.8. The van der Waals surface area contributed by atoms with Crippen LogP contribution in [0.3, 0.4) is 0 Å². The zero-order chi connectivity index (χ0) is 15.7. The number of hydrogen-bond acceptors (Lipinski definition) is 3. The Morgan fingerprint density at radius 2 is 2.05 bits per heavy atom. The second-order valence-electron chi connectivity index (χ2n) is 6.84. The molecule has 2 fully saturated rings. The van der Waals surface area contributed by atoms with Crippen LogP contribution in [0.4, 0.5) is 0 Å². The number of rotatable bonds is 5. The molecule has 1 aliphatic heterocycles. The number of piperidine rings is 1. The SMILES string of the molecule is CCC(C)n1ncc(C(=O)N2CCC(CO)CC2)c1C1CC1. The number of likely N-dealkylation sites (tertiary alicyclic amines) is 1. The molecule has 1 unspecified atom stereocenters. The molecule has 0 bridgehead atoms. The van der Waals surface area contributed by atoms with Gasteiger partial charge in [-0.05, 0) is 44.9 Å². The zero-order valence-corrected chi connectivity index (χ0v) is 13.7. The molecule has 0 aromatic carbocycles. The third kappa shape index (κ3) is 2.91. The first-order chi connectivity index (χ1) is 10.7. The zero-order valence-electron chi connectivity index (χ0n) is 13.7. The lowest BCUT2D eigenvalue weighted by Crippen LogP contribution is -2.39. The Hall–Kier alpha value is -1.36. The van der Waals surface area contributed by atoms with Crippen LogP contribution >= 0.6 is 0 Å². The molecule has 22 heavy (non-hydrogen) atoms. The summed E-state index contributed by atoms with van der Waals surface area (Å²) in [6.07, 6.45) is 6.96. The van der Waals surface area contributed by atoms with Crippen LogP contribution in [0.25, 0.3) is 0 Å². The smallest absolute Gasteiger partial charge is 0.257 e. The van der Waals surface area contributed by atoms with Crippen LogP contribution < -0.4 is 0 Å². The molecule has 2 aliphatic rings. The molecular formula is C17H27N3O2. The van der Waals surface area contributed by atoms with Gasteiger partial charge in [-0.15, -0.1) is 0 Å². The lowest BCUT2D eigenvalue weighted by Gasteiger charge is -2.31. The fourth-order valence-corrected chi connectivity index (χ4v) is 3.31. The molecule has 1 saturated carbocycles. The van der Waals surface area contributed by atoms with Crippen molar-refractivity contribution in [2.45, 2.75) is 57.9 Å². The van der Waals surface area contributed by atoms with E-state index in [0.29, 0.717) is 17.9 Å².